The monoisotopic (exact) mass is 360 g/mol. The molecule has 1 aliphatic heterocycles. The summed E-state index contributed by atoms with van der Waals surface area (Å²) < 4.78 is 66.2. The second kappa shape index (κ2) is 6.61. The third-order valence-electron chi connectivity index (χ3n) is 3.31. The van der Waals surface area contributed by atoms with Crippen molar-refractivity contribution in [1.82, 2.24) is 4.31 Å². The lowest BCUT2D eigenvalue weighted by Gasteiger charge is -2.17. The number of hydrogen-bond donors (Lipinski definition) is 1. The van der Waals surface area contributed by atoms with Crippen molar-refractivity contribution in [3.05, 3.63) is 24.3 Å². The van der Waals surface area contributed by atoms with Gasteiger partial charge < -0.3 is 10.5 Å². The van der Waals surface area contributed by atoms with Crippen LogP contribution in [0.3, 0.4) is 0 Å². The van der Waals surface area contributed by atoms with E-state index >= 15 is 0 Å². The van der Waals surface area contributed by atoms with E-state index in [0.717, 1.165) is 12.1 Å². The van der Waals surface area contributed by atoms with E-state index in [4.69, 9.17) is 5.73 Å². The average Bonchev–Trinajstić information content (AvgIpc) is 2.68. The first-order valence-corrected chi connectivity index (χ1v) is 7.65. The molecule has 0 radical (unpaired) electrons. The first-order valence-electron chi connectivity index (χ1n) is 6.21. The number of ether oxygens (including phenoxy) is 1. The fourth-order valence-corrected chi connectivity index (χ4v) is 3.74. The highest BCUT2D eigenvalue weighted by atomic mass is 35.5. The predicted octanol–water partition coefficient (Wildman–Crippen LogP) is 1.97. The molecule has 126 valence electrons. The Balaban J connectivity index is 0.00000242. The molecule has 2 rings (SSSR count). The molecule has 2 atom stereocenters. The lowest BCUT2D eigenvalue weighted by atomic mass is 10.1. The van der Waals surface area contributed by atoms with Crippen molar-refractivity contribution >= 4 is 22.4 Å². The minimum Gasteiger partial charge on any atom is -0.406 e. The molecule has 0 saturated carbocycles. The molecule has 10 heteroatoms. The zero-order valence-corrected chi connectivity index (χ0v) is 13.2. The van der Waals surface area contributed by atoms with Crippen molar-refractivity contribution in [2.75, 3.05) is 13.1 Å². The van der Waals surface area contributed by atoms with Crippen molar-refractivity contribution in [3.8, 4) is 5.75 Å². The number of benzene rings is 1. The van der Waals surface area contributed by atoms with Gasteiger partial charge in [0.25, 0.3) is 0 Å². The number of sulfonamides is 1. The summed E-state index contributed by atoms with van der Waals surface area (Å²) in [5.41, 5.74) is 5.78. The summed E-state index contributed by atoms with van der Waals surface area (Å²) in [6.07, 6.45) is -4.87. The summed E-state index contributed by atoms with van der Waals surface area (Å²) in [5.74, 6) is -0.575. The van der Waals surface area contributed by atoms with Gasteiger partial charge in [-0.25, -0.2) is 8.42 Å². The molecule has 1 aromatic carbocycles. The molecule has 5 nitrogen and oxygen atoms in total. The first kappa shape index (κ1) is 19.0. The average molecular weight is 361 g/mol. The van der Waals surface area contributed by atoms with Gasteiger partial charge in [-0.05, 0) is 18.1 Å². The van der Waals surface area contributed by atoms with Crippen LogP contribution in [-0.4, -0.2) is 38.2 Å². The number of nitrogens with zero attached hydrogens (tertiary/aromatic N) is 1. The van der Waals surface area contributed by atoms with Crippen LogP contribution in [0.15, 0.2) is 29.2 Å². The van der Waals surface area contributed by atoms with Crippen LogP contribution in [0, 0.1) is 5.92 Å². The van der Waals surface area contributed by atoms with E-state index in [1.807, 2.05) is 6.92 Å². The SMILES string of the molecule is CC1CN(S(=O)(=O)c2cccc(OC(F)(F)F)c2)CC1N.Cl. The van der Waals surface area contributed by atoms with Crippen molar-refractivity contribution in [2.24, 2.45) is 11.7 Å². The number of halogens is 4. The molecule has 1 aromatic rings. The summed E-state index contributed by atoms with van der Waals surface area (Å²) >= 11 is 0. The van der Waals surface area contributed by atoms with Crippen LogP contribution in [-0.2, 0) is 10.0 Å². The largest absolute Gasteiger partial charge is 0.573 e. The Morgan fingerprint density at radius 2 is 1.95 bits per heavy atom. The summed E-state index contributed by atoms with van der Waals surface area (Å²) in [4.78, 5) is -0.245. The van der Waals surface area contributed by atoms with E-state index < -0.39 is 22.1 Å². The van der Waals surface area contributed by atoms with Crippen LogP contribution in [0.5, 0.6) is 5.75 Å². The Bertz CT molecular complexity index is 614. The van der Waals surface area contributed by atoms with Gasteiger partial charge >= 0.3 is 6.36 Å². The van der Waals surface area contributed by atoms with Gasteiger partial charge in [-0.1, -0.05) is 13.0 Å². The molecule has 2 N–H and O–H groups in total. The topological polar surface area (TPSA) is 72.6 Å². The highest BCUT2D eigenvalue weighted by molar-refractivity contribution is 7.89. The molecule has 1 heterocycles. The number of nitrogens with two attached hydrogens (primary N) is 1. The maximum absolute atomic E-state index is 12.4. The molecule has 0 amide bonds. The van der Waals surface area contributed by atoms with Crippen LogP contribution >= 0.6 is 12.4 Å². The minimum atomic E-state index is -4.87. The van der Waals surface area contributed by atoms with E-state index in [2.05, 4.69) is 4.74 Å². The fraction of sp³-hybridized carbons (Fsp3) is 0.500. The van der Waals surface area contributed by atoms with Gasteiger partial charge in [0, 0.05) is 25.2 Å². The third kappa shape index (κ3) is 4.25. The van der Waals surface area contributed by atoms with Crippen molar-refractivity contribution in [2.45, 2.75) is 24.2 Å². The molecule has 1 fully saturated rings. The van der Waals surface area contributed by atoms with Crippen LogP contribution in [0.4, 0.5) is 13.2 Å². The number of alkyl halides is 3. The standard InChI is InChI=1S/C12H15F3N2O3S.ClH/c1-8-6-17(7-11(8)16)21(18,19)10-4-2-3-9(5-10)20-12(13,14)15;/h2-5,8,11H,6-7,16H2,1H3;1H. The second-order valence-corrected chi connectivity index (χ2v) is 6.92. The molecule has 0 bridgehead atoms. The molecule has 0 spiro atoms. The van der Waals surface area contributed by atoms with Crippen LogP contribution in [0.2, 0.25) is 0 Å². The predicted molar refractivity (Wildman–Crippen MR) is 76.3 cm³/mol. The zero-order valence-electron chi connectivity index (χ0n) is 11.6. The molecule has 1 aliphatic rings. The Hall–Kier alpha value is -1.03. The van der Waals surface area contributed by atoms with E-state index in [9.17, 15) is 21.6 Å². The van der Waals surface area contributed by atoms with Gasteiger partial charge in [0.15, 0.2) is 0 Å². The molecule has 0 aliphatic carbocycles. The summed E-state index contributed by atoms with van der Waals surface area (Å²) in [5, 5.41) is 0. The lowest BCUT2D eigenvalue weighted by Crippen LogP contribution is -2.32. The highest BCUT2D eigenvalue weighted by Crippen LogP contribution is 2.28. The van der Waals surface area contributed by atoms with Crippen molar-refractivity contribution < 1.29 is 26.3 Å². The normalized spacial score (nSPS) is 23.1. The maximum atomic E-state index is 12.4. The van der Waals surface area contributed by atoms with Gasteiger partial charge in [-0.15, -0.1) is 25.6 Å². The van der Waals surface area contributed by atoms with Gasteiger partial charge in [0.05, 0.1) is 4.90 Å². The lowest BCUT2D eigenvalue weighted by molar-refractivity contribution is -0.274. The van der Waals surface area contributed by atoms with Crippen molar-refractivity contribution in [1.29, 1.82) is 0 Å². The van der Waals surface area contributed by atoms with E-state index in [-0.39, 0.29) is 42.4 Å². The summed E-state index contributed by atoms with van der Waals surface area (Å²) in [6.45, 7) is 2.21. The third-order valence-corrected chi connectivity index (χ3v) is 5.14. The Kier molecular flexibility index (Phi) is 5.71. The quantitative estimate of drug-likeness (QED) is 0.894. The molecular weight excluding hydrogens is 345 g/mol. The van der Waals surface area contributed by atoms with Crippen LogP contribution in [0.1, 0.15) is 6.92 Å². The van der Waals surface area contributed by atoms with Crippen LogP contribution < -0.4 is 10.5 Å². The molecule has 0 aromatic heterocycles. The first-order chi connectivity index (χ1) is 9.59. The minimum absolute atomic E-state index is 0. The van der Waals surface area contributed by atoms with E-state index in [1.54, 1.807) is 0 Å². The Morgan fingerprint density at radius 1 is 1.32 bits per heavy atom. The fourth-order valence-electron chi connectivity index (χ4n) is 2.12. The molecule has 1 saturated heterocycles. The molecule has 2 unspecified atom stereocenters. The maximum Gasteiger partial charge on any atom is 0.573 e. The highest BCUT2D eigenvalue weighted by Gasteiger charge is 2.36. The second-order valence-electron chi connectivity index (χ2n) is 4.99. The molecule has 22 heavy (non-hydrogen) atoms. The summed E-state index contributed by atoms with van der Waals surface area (Å²) in [7, 11) is -3.88. The van der Waals surface area contributed by atoms with Gasteiger partial charge in [0.2, 0.25) is 10.0 Å². The molecular formula is C12H16ClF3N2O3S. The summed E-state index contributed by atoms with van der Waals surface area (Å²) in [6, 6.07) is 4.05. The van der Waals surface area contributed by atoms with E-state index in [0.29, 0.717) is 0 Å². The Labute approximate surface area is 132 Å². The Morgan fingerprint density at radius 3 is 2.45 bits per heavy atom. The van der Waals surface area contributed by atoms with Gasteiger partial charge in [-0.2, -0.15) is 4.31 Å². The zero-order chi connectivity index (χ0) is 15.8. The van der Waals surface area contributed by atoms with Crippen LogP contribution in [0.25, 0.3) is 0 Å². The smallest absolute Gasteiger partial charge is 0.406 e. The van der Waals surface area contributed by atoms with Gasteiger partial charge in [0.1, 0.15) is 5.75 Å². The number of hydrogen-bond acceptors (Lipinski definition) is 4. The number of rotatable bonds is 3. The van der Waals surface area contributed by atoms with E-state index in [1.165, 1.54) is 16.4 Å². The van der Waals surface area contributed by atoms with Crippen molar-refractivity contribution in [3.63, 3.8) is 0 Å². The van der Waals surface area contributed by atoms with Gasteiger partial charge in [-0.3, -0.25) is 0 Å².